The monoisotopic (exact) mass is 289 g/mol. The fourth-order valence-corrected chi connectivity index (χ4v) is 5.44. The summed E-state index contributed by atoms with van der Waals surface area (Å²) in [4.78, 5) is 11.8. The number of aliphatic carboxylic acids is 1. The normalized spacial score (nSPS) is 21.3. The van der Waals surface area contributed by atoms with Gasteiger partial charge in [0.25, 0.3) is 10.0 Å². The van der Waals surface area contributed by atoms with E-state index < -0.39 is 21.9 Å². The first-order valence-corrected chi connectivity index (χ1v) is 7.88. The van der Waals surface area contributed by atoms with Crippen LogP contribution in [0, 0.1) is 19.8 Å². The Morgan fingerprint density at radius 1 is 1.50 bits per heavy atom. The summed E-state index contributed by atoms with van der Waals surface area (Å²) in [6.45, 7) is 3.99. The summed E-state index contributed by atoms with van der Waals surface area (Å²) in [5.74, 6) is -1.51. The highest BCUT2D eigenvalue weighted by Gasteiger charge is 2.37. The summed E-state index contributed by atoms with van der Waals surface area (Å²) >= 11 is 1.24. The van der Waals surface area contributed by atoms with Crippen molar-refractivity contribution in [3.8, 4) is 0 Å². The predicted octanol–water partition coefficient (Wildman–Crippen LogP) is 1.46. The van der Waals surface area contributed by atoms with E-state index in [1.165, 1.54) is 15.6 Å². The summed E-state index contributed by atoms with van der Waals surface area (Å²) in [5.41, 5.74) is 0.733. The number of sulfonamides is 1. The van der Waals surface area contributed by atoms with Crippen LogP contribution in [0.4, 0.5) is 0 Å². The van der Waals surface area contributed by atoms with Crippen LogP contribution in [0.5, 0.6) is 0 Å². The molecule has 1 aromatic rings. The van der Waals surface area contributed by atoms with Gasteiger partial charge in [-0.25, -0.2) is 8.42 Å². The van der Waals surface area contributed by atoms with Crippen LogP contribution in [0.25, 0.3) is 0 Å². The second-order valence-corrected chi connectivity index (χ2v) is 7.90. The number of rotatable bonds is 3. The SMILES string of the molecule is Cc1cc(C)c(S(=O)(=O)N2CCC(C(=O)O)C2)s1. The van der Waals surface area contributed by atoms with Crippen molar-refractivity contribution < 1.29 is 18.3 Å². The summed E-state index contributed by atoms with van der Waals surface area (Å²) in [7, 11) is -3.53. The molecule has 1 N–H and O–H groups in total. The molecule has 1 aromatic heterocycles. The molecule has 0 saturated carbocycles. The Labute approximate surface area is 110 Å². The number of hydrogen-bond donors (Lipinski definition) is 1. The highest BCUT2D eigenvalue weighted by molar-refractivity contribution is 7.91. The number of carboxylic acid groups (broad SMARTS) is 1. The molecular formula is C11H15NO4S2. The summed E-state index contributed by atoms with van der Waals surface area (Å²) < 4.78 is 26.4. The van der Waals surface area contributed by atoms with Gasteiger partial charge in [-0.15, -0.1) is 11.3 Å². The van der Waals surface area contributed by atoms with Crippen LogP contribution < -0.4 is 0 Å². The van der Waals surface area contributed by atoms with E-state index in [4.69, 9.17) is 5.11 Å². The second kappa shape index (κ2) is 4.64. The molecule has 0 spiro atoms. The maximum Gasteiger partial charge on any atom is 0.307 e. The fraction of sp³-hybridized carbons (Fsp3) is 0.545. The molecule has 2 rings (SSSR count). The summed E-state index contributed by atoms with van der Waals surface area (Å²) in [6, 6.07) is 1.84. The van der Waals surface area contributed by atoms with Gasteiger partial charge < -0.3 is 5.11 Å². The minimum atomic E-state index is -3.53. The van der Waals surface area contributed by atoms with Crippen LogP contribution in [0.15, 0.2) is 10.3 Å². The standard InChI is InChI=1S/C11H15NO4S2/c1-7-5-8(2)17-11(7)18(15,16)12-4-3-9(6-12)10(13)14/h5,9H,3-4,6H2,1-2H3,(H,13,14). The average Bonchev–Trinajstić information content (AvgIpc) is 2.85. The summed E-state index contributed by atoms with van der Waals surface area (Å²) in [5, 5.41) is 8.91. The zero-order valence-electron chi connectivity index (χ0n) is 10.2. The highest BCUT2D eigenvalue weighted by atomic mass is 32.2. The van der Waals surface area contributed by atoms with Crippen molar-refractivity contribution in [2.24, 2.45) is 5.92 Å². The maximum absolute atomic E-state index is 12.4. The molecule has 5 nitrogen and oxygen atoms in total. The van der Waals surface area contributed by atoms with Crippen LogP contribution in [0.3, 0.4) is 0 Å². The first-order chi connectivity index (χ1) is 8.32. The Morgan fingerprint density at radius 2 is 2.17 bits per heavy atom. The molecule has 1 atom stereocenters. The van der Waals surface area contributed by atoms with Gasteiger partial charge in [-0.1, -0.05) is 0 Å². The van der Waals surface area contributed by atoms with Gasteiger partial charge in [0.1, 0.15) is 4.21 Å². The average molecular weight is 289 g/mol. The molecule has 1 saturated heterocycles. The van der Waals surface area contributed by atoms with Gasteiger partial charge in [-0.05, 0) is 31.9 Å². The molecule has 1 unspecified atom stereocenters. The van der Waals surface area contributed by atoms with Gasteiger partial charge >= 0.3 is 5.97 Å². The molecule has 2 heterocycles. The Morgan fingerprint density at radius 3 is 2.61 bits per heavy atom. The topological polar surface area (TPSA) is 74.7 Å². The fourth-order valence-electron chi connectivity index (χ4n) is 2.14. The maximum atomic E-state index is 12.4. The van der Waals surface area contributed by atoms with Crippen LogP contribution in [0.2, 0.25) is 0 Å². The quantitative estimate of drug-likeness (QED) is 0.914. The molecule has 0 radical (unpaired) electrons. The molecule has 0 aromatic carbocycles. The second-order valence-electron chi connectivity index (χ2n) is 4.51. The van der Waals surface area contributed by atoms with E-state index in [0.717, 1.165) is 10.4 Å². The van der Waals surface area contributed by atoms with Crippen molar-refractivity contribution >= 4 is 27.3 Å². The van der Waals surface area contributed by atoms with E-state index in [1.54, 1.807) is 6.92 Å². The van der Waals surface area contributed by atoms with Crippen molar-refractivity contribution in [2.75, 3.05) is 13.1 Å². The van der Waals surface area contributed by atoms with E-state index in [1.807, 2.05) is 13.0 Å². The van der Waals surface area contributed by atoms with Gasteiger partial charge in [0, 0.05) is 18.0 Å². The lowest BCUT2D eigenvalue weighted by Gasteiger charge is -2.15. The van der Waals surface area contributed by atoms with Crippen molar-refractivity contribution in [3.63, 3.8) is 0 Å². The van der Waals surface area contributed by atoms with E-state index in [-0.39, 0.29) is 13.1 Å². The smallest absolute Gasteiger partial charge is 0.307 e. The van der Waals surface area contributed by atoms with E-state index in [9.17, 15) is 13.2 Å². The minimum absolute atomic E-state index is 0.0774. The van der Waals surface area contributed by atoms with Gasteiger partial charge in [-0.2, -0.15) is 4.31 Å². The number of thiophene rings is 1. The third kappa shape index (κ3) is 2.30. The van der Waals surface area contributed by atoms with Gasteiger partial charge in [0.2, 0.25) is 0 Å². The summed E-state index contributed by atoms with van der Waals surface area (Å²) in [6.07, 6.45) is 0.387. The third-order valence-corrected chi connectivity index (χ3v) is 6.70. The first kappa shape index (κ1) is 13.5. The Bertz CT molecular complexity index is 576. The zero-order chi connectivity index (χ0) is 13.5. The molecule has 1 fully saturated rings. The van der Waals surface area contributed by atoms with Crippen LogP contribution >= 0.6 is 11.3 Å². The van der Waals surface area contributed by atoms with Crippen molar-refractivity contribution in [1.29, 1.82) is 0 Å². The van der Waals surface area contributed by atoms with Crippen LogP contribution in [0.1, 0.15) is 16.9 Å². The minimum Gasteiger partial charge on any atom is -0.481 e. The number of carboxylic acids is 1. The van der Waals surface area contributed by atoms with Crippen molar-refractivity contribution in [1.82, 2.24) is 4.31 Å². The van der Waals surface area contributed by atoms with Crippen molar-refractivity contribution in [3.05, 3.63) is 16.5 Å². The first-order valence-electron chi connectivity index (χ1n) is 5.62. The number of hydrogen-bond acceptors (Lipinski definition) is 4. The third-order valence-electron chi connectivity index (χ3n) is 3.07. The lowest BCUT2D eigenvalue weighted by molar-refractivity contribution is -0.141. The Balaban J connectivity index is 2.28. The Kier molecular flexibility index (Phi) is 3.48. The number of carbonyl (C=O) groups is 1. The van der Waals surface area contributed by atoms with Crippen molar-refractivity contribution in [2.45, 2.75) is 24.5 Å². The predicted molar refractivity (Wildman–Crippen MR) is 68.3 cm³/mol. The molecular weight excluding hydrogens is 274 g/mol. The van der Waals surface area contributed by atoms with E-state index in [0.29, 0.717) is 10.6 Å². The van der Waals surface area contributed by atoms with Gasteiger partial charge in [-0.3, -0.25) is 4.79 Å². The van der Waals surface area contributed by atoms with Gasteiger partial charge in [0.05, 0.1) is 5.92 Å². The van der Waals surface area contributed by atoms with E-state index in [2.05, 4.69) is 0 Å². The highest BCUT2D eigenvalue weighted by Crippen LogP contribution is 2.31. The molecule has 0 bridgehead atoms. The molecule has 18 heavy (non-hydrogen) atoms. The molecule has 1 aliphatic heterocycles. The lowest BCUT2D eigenvalue weighted by Crippen LogP contribution is -2.29. The lowest BCUT2D eigenvalue weighted by atomic mass is 10.1. The van der Waals surface area contributed by atoms with Crippen LogP contribution in [-0.2, 0) is 14.8 Å². The van der Waals surface area contributed by atoms with Gasteiger partial charge in [0.15, 0.2) is 0 Å². The molecule has 1 aliphatic rings. The van der Waals surface area contributed by atoms with Crippen LogP contribution in [-0.4, -0.2) is 36.9 Å². The number of nitrogens with zero attached hydrogens (tertiary/aromatic N) is 1. The molecule has 0 aliphatic carbocycles. The largest absolute Gasteiger partial charge is 0.481 e. The molecule has 7 heteroatoms. The molecule has 0 amide bonds. The zero-order valence-corrected chi connectivity index (χ0v) is 11.8. The molecule has 100 valence electrons. The Hall–Kier alpha value is -0.920. The van der Waals surface area contributed by atoms with E-state index >= 15 is 0 Å². The number of aryl methyl sites for hydroxylation is 2.